The average molecular weight is 435 g/mol. The standard InChI is InChI=1S/C25H25NO6/c1-4-31-24(28)20-15-26(23(27)18-9-7-6-8-10-18)16-21(25(29)32-5-2)22(20)17-11-13-19(30-3)14-12-17/h6-16,22H,4-5H2,1-3H3. The molecule has 0 bridgehead atoms. The molecular formula is C25H25NO6. The van der Waals surface area contributed by atoms with E-state index < -0.39 is 17.9 Å². The number of ether oxygens (including phenoxy) is 3. The lowest BCUT2D eigenvalue weighted by Gasteiger charge is -2.29. The molecule has 0 atom stereocenters. The topological polar surface area (TPSA) is 82.1 Å². The molecule has 0 fully saturated rings. The summed E-state index contributed by atoms with van der Waals surface area (Å²) in [6, 6.07) is 15.6. The molecule has 2 aromatic rings. The third-order valence-electron chi connectivity index (χ3n) is 4.91. The Labute approximate surface area is 186 Å². The Morgan fingerprint density at radius 2 is 1.34 bits per heavy atom. The van der Waals surface area contributed by atoms with E-state index in [0.29, 0.717) is 16.9 Å². The average Bonchev–Trinajstić information content (AvgIpc) is 2.83. The van der Waals surface area contributed by atoms with E-state index in [9.17, 15) is 14.4 Å². The molecule has 0 aromatic heterocycles. The Hall–Kier alpha value is -3.87. The van der Waals surface area contributed by atoms with Gasteiger partial charge >= 0.3 is 11.9 Å². The summed E-state index contributed by atoms with van der Waals surface area (Å²) in [4.78, 5) is 40.1. The summed E-state index contributed by atoms with van der Waals surface area (Å²) in [5.41, 5.74) is 1.39. The highest BCUT2D eigenvalue weighted by molar-refractivity contribution is 6.02. The Balaban J connectivity index is 2.13. The zero-order valence-corrected chi connectivity index (χ0v) is 18.2. The quantitative estimate of drug-likeness (QED) is 0.615. The molecule has 166 valence electrons. The molecule has 0 N–H and O–H groups in total. The minimum absolute atomic E-state index is 0.149. The van der Waals surface area contributed by atoms with Crippen LogP contribution in [0.4, 0.5) is 0 Å². The van der Waals surface area contributed by atoms with Crippen molar-refractivity contribution in [2.24, 2.45) is 0 Å². The Bertz CT molecular complexity index is 1000. The molecule has 7 heteroatoms. The van der Waals surface area contributed by atoms with Gasteiger partial charge in [0.25, 0.3) is 5.91 Å². The number of esters is 2. The fourth-order valence-corrected chi connectivity index (χ4v) is 3.43. The van der Waals surface area contributed by atoms with E-state index in [1.807, 2.05) is 0 Å². The summed E-state index contributed by atoms with van der Waals surface area (Å²) in [6.45, 7) is 3.69. The number of hydrogen-bond acceptors (Lipinski definition) is 6. The number of rotatable bonds is 7. The van der Waals surface area contributed by atoms with Crippen LogP contribution in [0.2, 0.25) is 0 Å². The van der Waals surface area contributed by atoms with Crippen molar-refractivity contribution < 1.29 is 28.6 Å². The summed E-state index contributed by atoms with van der Waals surface area (Å²) < 4.78 is 15.7. The van der Waals surface area contributed by atoms with E-state index in [4.69, 9.17) is 14.2 Å². The second kappa shape index (κ2) is 10.4. The molecule has 1 amide bonds. The molecule has 2 aromatic carbocycles. The van der Waals surface area contributed by atoms with Crippen molar-refractivity contribution in [1.82, 2.24) is 4.90 Å². The fraction of sp³-hybridized carbons (Fsp3) is 0.240. The van der Waals surface area contributed by atoms with Gasteiger partial charge in [0.1, 0.15) is 5.75 Å². The second-order valence-electron chi connectivity index (χ2n) is 6.89. The van der Waals surface area contributed by atoms with Gasteiger partial charge < -0.3 is 14.2 Å². The van der Waals surface area contributed by atoms with Crippen molar-refractivity contribution >= 4 is 17.8 Å². The minimum Gasteiger partial charge on any atom is -0.497 e. The zero-order chi connectivity index (χ0) is 23.1. The predicted molar refractivity (Wildman–Crippen MR) is 118 cm³/mol. The van der Waals surface area contributed by atoms with Crippen LogP contribution in [0, 0.1) is 0 Å². The van der Waals surface area contributed by atoms with Crippen LogP contribution in [-0.2, 0) is 19.1 Å². The number of methoxy groups -OCH3 is 1. The van der Waals surface area contributed by atoms with E-state index in [2.05, 4.69) is 0 Å². The molecule has 3 rings (SSSR count). The number of amides is 1. The van der Waals surface area contributed by atoms with Gasteiger partial charge in [0, 0.05) is 18.0 Å². The van der Waals surface area contributed by atoms with Gasteiger partial charge in [0.2, 0.25) is 0 Å². The van der Waals surface area contributed by atoms with Crippen LogP contribution in [0.15, 0.2) is 78.1 Å². The summed E-state index contributed by atoms with van der Waals surface area (Å²) in [7, 11) is 1.55. The summed E-state index contributed by atoms with van der Waals surface area (Å²) in [5.74, 6) is -1.75. The summed E-state index contributed by atoms with van der Waals surface area (Å²) >= 11 is 0. The Morgan fingerprint density at radius 3 is 1.81 bits per heavy atom. The molecule has 32 heavy (non-hydrogen) atoms. The van der Waals surface area contributed by atoms with Crippen LogP contribution in [0.5, 0.6) is 5.75 Å². The first-order valence-electron chi connectivity index (χ1n) is 10.3. The maximum absolute atomic E-state index is 13.1. The lowest BCUT2D eigenvalue weighted by molar-refractivity contribution is -0.139. The molecule has 0 saturated carbocycles. The number of carbonyl (C=O) groups excluding carboxylic acids is 3. The molecule has 0 spiro atoms. The Morgan fingerprint density at radius 1 is 0.812 bits per heavy atom. The van der Waals surface area contributed by atoms with Crippen molar-refractivity contribution in [3.63, 3.8) is 0 Å². The van der Waals surface area contributed by atoms with E-state index in [0.717, 1.165) is 0 Å². The van der Waals surface area contributed by atoms with Crippen LogP contribution in [0.1, 0.15) is 35.7 Å². The number of carbonyl (C=O) groups is 3. The SMILES string of the molecule is CCOC(=O)C1=CN(C(=O)c2ccccc2)C=C(C(=O)OCC)C1c1ccc(OC)cc1. The first kappa shape index (κ1) is 22.8. The van der Waals surface area contributed by atoms with Crippen molar-refractivity contribution in [3.8, 4) is 5.75 Å². The van der Waals surface area contributed by atoms with Gasteiger partial charge in [-0.05, 0) is 43.7 Å². The van der Waals surface area contributed by atoms with Gasteiger partial charge in [-0.1, -0.05) is 30.3 Å². The number of nitrogens with zero attached hydrogens (tertiary/aromatic N) is 1. The summed E-state index contributed by atoms with van der Waals surface area (Å²) in [6.07, 6.45) is 2.84. The van der Waals surface area contributed by atoms with Gasteiger partial charge in [-0.15, -0.1) is 0 Å². The van der Waals surface area contributed by atoms with Crippen LogP contribution in [0.25, 0.3) is 0 Å². The molecule has 1 aliphatic rings. The molecule has 1 aliphatic heterocycles. The molecule has 0 aliphatic carbocycles. The van der Waals surface area contributed by atoms with Crippen LogP contribution in [-0.4, -0.2) is 43.1 Å². The molecule has 0 unspecified atom stereocenters. The number of hydrogen-bond donors (Lipinski definition) is 0. The highest BCUT2D eigenvalue weighted by Gasteiger charge is 2.37. The van der Waals surface area contributed by atoms with E-state index in [1.54, 1.807) is 75.6 Å². The number of benzene rings is 2. The molecule has 1 heterocycles. The van der Waals surface area contributed by atoms with Crippen molar-refractivity contribution in [2.45, 2.75) is 19.8 Å². The van der Waals surface area contributed by atoms with Crippen molar-refractivity contribution in [1.29, 1.82) is 0 Å². The van der Waals surface area contributed by atoms with Gasteiger partial charge in [0.05, 0.1) is 37.4 Å². The highest BCUT2D eigenvalue weighted by atomic mass is 16.5. The molecule has 0 radical (unpaired) electrons. The maximum atomic E-state index is 13.1. The third-order valence-corrected chi connectivity index (χ3v) is 4.91. The zero-order valence-electron chi connectivity index (χ0n) is 18.2. The molecule has 7 nitrogen and oxygen atoms in total. The van der Waals surface area contributed by atoms with E-state index in [-0.39, 0.29) is 30.3 Å². The van der Waals surface area contributed by atoms with Gasteiger partial charge in [-0.3, -0.25) is 9.69 Å². The van der Waals surface area contributed by atoms with Crippen LogP contribution >= 0.6 is 0 Å². The van der Waals surface area contributed by atoms with Gasteiger partial charge in [-0.2, -0.15) is 0 Å². The summed E-state index contributed by atoms with van der Waals surface area (Å²) in [5, 5.41) is 0. The first-order valence-corrected chi connectivity index (χ1v) is 10.3. The van der Waals surface area contributed by atoms with Crippen LogP contribution in [0.3, 0.4) is 0 Å². The largest absolute Gasteiger partial charge is 0.497 e. The van der Waals surface area contributed by atoms with Gasteiger partial charge in [0.15, 0.2) is 0 Å². The highest BCUT2D eigenvalue weighted by Crippen LogP contribution is 2.38. The Kier molecular flexibility index (Phi) is 7.44. The maximum Gasteiger partial charge on any atom is 0.336 e. The van der Waals surface area contributed by atoms with E-state index >= 15 is 0 Å². The molecular weight excluding hydrogens is 410 g/mol. The first-order chi connectivity index (χ1) is 15.5. The van der Waals surface area contributed by atoms with Gasteiger partial charge in [-0.25, -0.2) is 9.59 Å². The monoisotopic (exact) mass is 435 g/mol. The predicted octanol–water partition coefficient (Wildman–Crippen LogP) is 3.83. The fourth-order valence-electron chi connectivity index (χ4n) is 3.43. The normalized spacial score (nSPS) is 13.7. The smallest absolute Gasteiger partial charge is 0.336 e. The minimum atomic E-state index is -0.765. The van der Waals surface area contributed by atoms with E-state index in [1.165, 1.54) is 17.3 Å². The van der Waals surface area contributed by atoms with Crippen molar-refractivity contribution in [2.75, 3.05) is 20.3 Å². The second-order valence-corrected chi connectivity index (χ2v) is 6.89. The molecule has 0 saturated heterocycles. The third kappa shape index (κ3) is 4.88. The van der Waals surface area contributed by atoms with Crippen molar-refractivity contribution in [3.05, 3.63) is 89.3 Å². The van der Waals surface area contributed by atoms with Crippen LogP contribution < -0.4 is 4.74 Å². The lowest BCUT2D eigenvalue weighted by Crippen LogP contribution is -2.32. The lowest BCUT2D eigenvalue weighted by atomic mass is 9.83.